The molecule has 0 aromatic heterocycles. The number of benzene rings is 2. The van der Waals surface area contributed by atoms with Crippen molar-refractivity contribution in [2.45, 2.75) is 20.4 Å². The number of amides is 1. The van der Waals surface area contributed by atoms with Gasteiger partial charge in [0.1, 0.15) is 5.75 Å². The highest BCUT2D eigenvalue weighted by molar-refractivity contribution is 9.10. The molecule has 138 valence electrons. The Morgan fingerprint density at radius 3 is 2.62 bits per heavy atom. The van der Waals surface area contributed by atoms with Gasteiger partial charge in [-0.15, -0.1) is 0 Å². The van der Waals surface area contributed by atoms with Crippen molar-refractivity contribution in [3.05, 3.63) is 64.1 Å². The molecule has 0 atom stereocenters. The third-order valence-corrected chi connectivity index (χ3v) is 4.37. The van der Waals surface area contributed by atoms with E-state index in [9.17, 15) is 4.79 Å². The minimum atomic E-state index is -0.297. The van der Waals surface area contributed by atoms with Gasteiger partial charge in [-0.2, -0.15) is 5.10 Å². The van der Waals surface area contributed by atoms with Crippen molar-refractivity contribution in [1.82, 2.24) is 10.3 Å². The predicted octanol–water partition coefficient (Wildman–Crippen LogP) is 3.82. The van der Waals surface area contributed by atoms with Gasteiger partial charge in [0.15, 0.2) is 6.61 Å². The van der Waals surface area contributed by atoms with Gasteiger partial charge in [-0.05, 0) is 36.9 Å². The summed E-state index contributed by atoms with van der Waals surface area (Å²) in [5.74, 6) is 0.413. The highest BCUT2D eigenvalue weighted by Crippen LogP contribution is 2.24. The summed E-state index contributed by atoms with van der Waals surface area (Å²) in [6, 6.07) is 15.4. The van der Waals surface area contributed by atoms with Crippen LogP contribution in [0.25, 0.3) is 0 Å². The van der Waals surface area contributed by atoms with E-state index in [4.69, 9.17) is 4.74 Å². The molecular formula is C20H24BrN3O2. The van der Waals surface area contributed by atoms with E-state index < -0.39 is 0 Å². The summed E-state index contributed by atoms with van der Waals surface area (Å²) < 4.78 is 6.70. The van der Waals surface area contributed by atoms with Crippen LogP contribution in [0.1, 0.15) is 25.0 Å². The lowest BCUT2D eigenvalue weighted by molar-refractivity contribution is -0.123. The second kappa shape index (κ2) is 10.7. The van der Waals surface area contributed by atoms with Gasteiger partial charge in [-0.3, -0.25) is 9.69 Å². The first-order valence-corrected chi connectivity index (χ1v) is 9.42. The molecule has 0 saturated carbocycles. The first-order valence-electron chi connectivity index (χ1n) is 8.63. The molecule has 1 N–H and O–H groups in total. The number of carbonyl (C=O) groups excluding carboxylic acids is 1. The fraction of sp³-hybridized carbons (Fsp3) is 0.300. The lowest BCUT2D eigenvalue weighted by Crippen LogP contribution is -2.26. The van der Waals surface area contributed by atoms with E-state index in [2.05, 4.69) is 45.2 Å². The monoisotopic (exact) mass is 417 g/mol. The molecule has 0 aliphatic rings. The number of nitrogens with zero attached hydrogens (tertiary/aromatic N) is 2. The van der Waals surface area contributed by atoms with E-state index in [1.807, 2.05) is 48.5 Å². The van der Waals surface area contributed by atoms with Gasteiger partial charge >= 0.3 is 0 Å². The van der Waals surface area contributed by atoms with Gasteiger partial charge < -0.3 is 4.74 Å². The molecule has 0 unspecified atom stereocenters. The van der Waals surface area contributed by atoms with Crippen LogP contribution in [-0.4, -0.2) is 36.7 Å². The SMILES string of the molecule is CCN(CC)Cc1cc(Br)ccc1OCC(=O)N/N=C\c1ccccc1. The molecule has 0 aliphatic carbocycles. The molecule has 5 nitrogen and oxygen atoms in total. The summed E-state index contributed by atoms with van der Waals surface area (Å²) in [5.41, 5.74) is 4.45. The Hall–Kier alpha value is -2.18. The number of ether oxygens (including phenoxy) is 1. The van der Waals surface area contributed by atoms with Crippen LogP contribution in [0, 0.1) is 0 Å². The zero-order chi connectivity index (χ0) is 18.8. The lowest BCUT2D eigenvalue weighted by Gasteiger charge is -2.20. The van der Waals surface area contributed by atoms with E-state index in [-0.39, 0.29) is 12.5 Å². The largest absolute Gasteiger partial charge is 0.483 e. The Morgan fingerprint density at radius 1 is 1.19 bits per heavy atom. The minimum Gasteiger partial charge on any atom is -0.483 e. The van der Waals surface area contributed by atoms with E-state index >= 15 is 0 Å². The summed E-state index contributed by atoms with van der Waals surface area (Å²) >= 11 is 3.49. The van der Waals surface area contributed by atoms with Crippen LogP contribution < -0.4 is 10.2 Å². The molecule has 6 heteroatoms. The van der Waals surface area contributed by atoms with Crippen molar-refractivity contribution >= 4 is 28.1 Å². The molecule has 2 aromatic carbocycles. The number of halogens is 1. The zero-order valence-electron chi connectivity index (χ0n) is 15.1. The minimum absolute atomic E-state index is 0.0843. The van der Waals surface area contributed by atoms with E-state index in [0.29, 0.717) is 5.75 Å². The molecule has 0 fully saturated rings. The molecule has 0 heterocycles. The van der Waals surface area contributed by atoms with E-state index in [1.54, 1.807) is 6.21 Å². The van der Waals surface area contributed by atoms with Gasteiger partial charge in [0, 0.05) is 16.6 Å². The fourth-order valence-electron chi connectivity index (χ4n) is 2.39. The third kappa shape index (κ3) is 6.61. The molecule has 0 bridgehead atoms. The van der Waals surface area contributed by atoms with Gasteiger partial charge in [0.2, 0.25) is 0 Å². The van der Waals surface area contributed by atoms with Crippen LogP contribution in [0.3, 0.4) is 0 Å². The quantitative estimate of drug-likeness (QED) is 0.498. The Kier molecular flexibility index (Phi) is 8.31. The topological polar surface area (TPSA) is 53.9 Å². The predicted molar refractivity (Wildman–Crippen MR) is 108 cm³/mol. The highest BCUT2D eigenvalue weighted by atomic mass is 79.9. The van der Waals surface area contributed by atoms with Crippen LogP contribution in [0.5, 0.6) is 5.75 Å². The molecule has 0 saturated heterocycles. The molecule has 2 aromatic rings. The molecule has 0 spiro atoms. The van der Waals surface area contributed by atoms with E-state index in [0.717, 1.165) is 35.2 Å². The number of hydrogen-bond donors (Lipinski definition) is 1. The fourth-order valence-corrected chi connectivity index (χ4v) is 2.80. The lowest BCUT2D eigenvalue weighted by atomic mass is 10.2. The number of rotatable bonds is 9. The van der Waals surface area contributed by atoms with Crippen LogP contribution in [0.4, 0.5) is 0 Å². The first kappa shape index (κ1) is 20.1. The Bertz CT molecular complexity index is 731. The maximum atomic E-state index is 11.9. The van der Waals surface area contributed by atoms with Gasteiger partial charge in [0.05, 0.1) is 6.21 Å². The Morgan fingerprint density at radius 2 is 1.92 bits per heavy atom. The molecule has 0 aliphatic heterocycles. The van der Waals surface area contributed by atoms with E-state index in [1.165, 1.54) is 0 Å². The maximum absolute atomic E-state index is 11.9. The maximum Gasteiger partial charge on any atom is 0.277 e. The van der Waals surface area contributed by atoms with Crippen molar-refractivity contribution in [2.24, 2.45) is 5.10 Å². The molecule has 1 amide bonds. The third-order valence-electron chi connectivity index (χ3n) is 3.87. The zero-order valence-corrected chi connectivity index (χ0v) is 16.7. The molecule has 26 heavy (non-hydrogen) atoms. The van der Waals surface area contributed by atoms with Gasteiger partial charge in [-0.25, -0.2) is 5.43 Å². The van der Waals surface area contributed by atoms with Crippen molar-refractivity contribution in [2.75, 3.05) is 19.7 Å². The summed E-state index contributed by atoms with van der Waals surface area (Å²) in [6.07, 6.45) is 1.60. The van der Waals surface area contributed by atoms with Gasteiger partial charge in [-0.1, -0.05) is 60.1 Å². The average molecular weight is 418 g/mol. The standard InChI is InChI=1S/C20H24BrN3O2/c1-3-24(4-2)14-17-12-18(21)10-11-19(17)26-15-20(25)23-22-13-16-8-6-5-7-9-16/h5-13H,3-4,14-15H2,1-2H3,(H,23,25)/b22-13-. The summed E-state index contributed by atoms with van der Waals surface area (Å²) in [6.45, 7) is 6.85. The summed E-state index contributed by atoms with van der Waals surface area (Å²) in [7, 11) is 0. The first-order chi connectivity index (χ1) is 12.6. The normalized spacial score (nSPS) is 11.1. The molecular weight excluding hydrogens is 394 g/mol. The number of nitrogens with one attached hydrogen (secondary N) is 1. The summed E-state index contributed by atoms with van der Waals surface area (Å²) in [5, 5.41) is 3.95. The van der Waals surface area contributed by atoms with Crippen molar-refractivity contribution in [3.63, 3.8) is 0 Å². The smallest absolute Gasteiger partial charge is 0.277 e. The number of hydrogen-bond acceptors (Lipinski definition) is 4. The number of hydrazone groups is 1. The highest BCUT2D eigenvalue weighted by Gasteiger charge is 2.10. The van der Waals surface area contributed by atoms with Crippen molar-refractivity contribution in [3.8, 4) is 5.75 Å². The van der Waals surface area contributed by atoms with Crippen molar-refractivity contribution < 1.29 is 9.53 Å². The van der Waals surface area contributed by atoms with Crippen molar-refractivity contribution in [1.29, 1.82) is 0 Å². The average Bonchev–Trinajstić information content (AvgIpc) is 2.66. The van der Waals surface area contributed by atoms with Crippen LogP contribution in [0.15, 0.2) is 58.1 Å². The Balaban J connectivity index is 1.91. The van der Waals surface area contributed by atoms with Crippen LogP contribution in [-0.2, 0) is 11.3 Å². The molecule has 2 rings (SSSR count). The second-order valence-corrected chi connectivity index (χ2v) is 6.62. The van der Waals surface area contributed by atoms with Crippen LogP contribution >= 0.6 is 15.9 Å². The van der Waals surface area contributed by atoms with Crippen LogP contribution in [0.2, 0.25) is 0 Å². The summed E-state index contributed by atoms with van der Waals surface area (Å²) in [4.78, 5) is 14.2. The Labute approximate surface area is 163 Å². The van der Waals surface area contributed by atoms with Gasteiger partial charge in [0.25, 0.3) is 5.91 Å². The number of carbonyl (C=O) groups is 1. The molecule has 0 radical (unpaired) electrons. The second-order valence-electron chi connectivity index (χ2n) is 5.71.